The Morgan fingerprint density at radius 1 is 1.59 bits per heavy atom. The largest absolute Gasteiger partial charge is 0.393 e. The number of aliphatic hydroxyl groups excluding tert-OH is 1. The van der Waals surface area contributed by atoms with Gasteiger partial charge in [-0.2, -0.15) is 0 Å². The van der Waals surface area contributed by atoms with Gasteiger partial charge in [-0.1, -0.05) is 18.5 Å². The van der Waals surface area contributed by atoms with E-state index in [1.165, 1.54) is 6.20 Å². The van der Waals surface area contributed by atoms with E-state index in [1.807, 2.05) is 6.92 Å². The molecule has 2 heterocycles. The van der Waals surface area contributed by atoms with Gasteiger partial charge >= 0.3 is 0 Å². The second kappa shape index (κ2) is 5.02. The molecule has 2 atom stereocenters. The molecule has 2 rings (SSSR count). The topological polar surface area (TPSA) is 53.4 Å². The first kappa shape index (κ1) is 12.3. The van der Waals surface area contributed by atoms with Crippen molar-refractivity contribution in [3.63, 3.8) is 0 Å². The second-order valence-electron chi connectivity index (χ2n) is 4.45. The first-order valence-electron chi connectivity index (χ1n) is 5.67. The highest BCUT2D eigenvalue weighted by atomic mass is 35.5. The maximum Gasteiger partial charge on any atom is 0.255 e. The summed E-state index contributed by atoms with van der Waals surface area (Å²) in [5, 5.41) is 10.00. The Morgan fingerprint density at radius 3 is 2.94 bits per heavy atom. The van der Waals surface area contributed by atoms with E-state index in [4.69, 9.17) is 11.6 Å². The SMILES string of the molecule is CC1CN(C(=O)c2ccc(Cl)nc2)CCC1O. The van der Waals surface area contributed by atoms with Gasteiger partial charge in [0, 0.05) is 19.3 Å². The van der Waals surface area contributed by atoms with E-state index in [0.717, 1.165) is 0 Å². The lowest BCUT2D eigenvalue weighted by molar-refractivity contribution is 0.0297. The number of carbonyl (C=O) groups excluding carboxylic acids is 1. The highest BCUT2D eigenvalue weighted by Gasteiger charge is 2.27. The molecule has 0 spiro atoms. The molecule has 2 unspecified atom stereocenters. The summed E-state index contributed by atoms with van der Waals surface area (Å²) < 4.78 is 0. The Morgan fingerprint density at radius 2 is 2.35 bits per heavy atom. The molecular formula is C12H15ClN2O2. The molecule has 1 aliphatic heterocycles. The number of amides is 1. The smallest absolute Gasteiger partial charge is 0.255 e. The van der Waals surface area contributed by atoms with Crippen molar-refractivity contribution >= 4 is 17.5 Å². The average molecular weight is 255 g/mol. The van der Waals surface area contributed by atoms with Crippen molar-refractivity contribution in [2.24, 2.45) is 5.92 Å². The molecule has 1 aromatic heterocycles. The van der Waals surface area contributed by atoms with Gasteiger partial charge in [0.05, 0.1) is 11.7 Å². The summed E-state index contributed by atoms with van der Waals surface area (Å²) in [7, 11) is 0. The van der Waals surface area contributed by atoms with Crippen molar-refractivity contribution in [1.29, 1.82) is 0 Å². The molecule has 1 saturated heterocycles. The first-order valence-corrected chi connectivity index (χ1v) is 6.04. The van der Waals surface area contributed by atoms with Crippen LogP contribution in [0.2, 0.25) is 5.15 Å². The van der Waals surface area contributed by atoms with Gasteiger partial charge in [-0.15, -0.1) is 0 Å². The van der Waals surface area contributed by atoms with Crippen LogP contribution in [0.3, 0.4) is 0 Å². The Labute approximate surface area is 105 Å². The molecule has 1 aromatic rings. The van der Waals surface area contributed by atoms with E-state index in [-0.39, 0.29) is 17.9 Å². The van der Waals surface area contributed by atoms with Crippen LogP contribution in [0.5, 0.6) is 0 Å². The van der Waals surface area contributed by atoms with E-state index in [0.29, 0.717) is 30.2 Å². The molecule has 1 fully saturated rings. The Kier molecular flexibility index (Phi) is 3.64. The van der Waals surface area contributed by atoms with Crippen LogP contribution in [0.15, 0.2) is 18.3 Å². The summed E-state index contributed by atoms with van der Waals surface area (Å²) in [4.78, 5) is 17.8. The van der Waals surface area contributed by atoms with Gasteiger partial charge < -0.3 is 10.0 Å². The predicted molar refractivity (Wildman–Crippen MR) is 64.9 cm³/mol. The molecule has 1 N–H and O–H groups in total. The van der Waals surface area contributed by atoms with Crippen LogP contribution in [0.4, 0.5) is 0 Å². The maximum absolute atomic E-state index is 12.1. The van der Waals surface area contributed by atoms with Crippen LogP contribution in [-0.4, -0.2) is 40.1 Å². The number of halogens is 1. The lowest BCUT2D eigenvalue weighted by atomic mass is 9.96. The monoisotopic (exact) mass is 254 g/mol. The van der Waals surface area contributed by atoms with Crippen LogP contribution >= 0.6 is 11.6 Å². The highest BCUT2D eigenvalue weighted by Crippen LogP contribution is 2.18. The number of aliphatic hydroxyl groups is 1. The van der Waals surface area contributed by atoms with Gasteiger partial charge in [-0.05, 0) is 24.5 Å². The third kappa shape index (κ3) is 2.76. The molecule has 0 saturated carbocycles. The lowest BCUT2D eigenvalue weighted by Gasteiger charge is -2.34. The number of nitrogens with zero attached hydrogens (tertiary/aromatic N) is 2. The Balaban J connectivity index is 2.08. The summed E-state index contributed by atoms with van der Waals surface area (Å²) >= 11 is 5.68. The molecule has 1 amide bonds. The fourth-order valence-electron chi connectivity index (χ4n) is 2.00. The average Bonchev–Trinajstić information content (AvgIpc) is 2.33. The number of piperidine rings is 1. The number of hydrogen-bond acceptors (Lipinski definition) is 3. The number of likely N-dealkylation sites (tertiary alicyclic amines) is 1. The number of carbonyl (C=O) groups is 1. The highest BCUT2D eigenvalue weighted by molar-refractivity contribution is 6.29. The van der Waals surface area contributed by atoms with Gasteiger partial charge in [-0.3, -0.25) is 4.79 Å². The molecule has 0 radical (unpaired) electrons. The Hall–Kier alpha value is -1.13. The van der Waals surface area contributed by atoms with Crippen molar-refractivity contribution in [3.05, 3.63) is 29.0 Å². The zero-order valence-corrected chi connectivity index (χ0v) is 10.4. The summed E-state index contributed by atoms with van der Waals surface area (Å²) in [6.45, 7) is 3.12. The van der Waals surface area contributed by atoms with Gasteiger partial charge in [0.25, 0.3) is 5.91 Å². The third-order valence-electron chi connectivity index (χ3n) is 3.12. The normalized spacial score (nSPS) is 24.8. The predicted octanol–water partition coefficient (Wildman–Crippen LogP) is 1.58. The third-order valence-corrected chi connectivity index (χ3v) is 3.35. The Bertz CT molecular complexity index is 407. The van der Waals surface area contributed by atoms with Crippen LogP contribution in [0.25, 0.3) is 0 Å². The number of aromatic nitrogens is 1. The molecule has 0 bridgehead atoms. The zero-order chi connectivity index (χ0) is 12.4. The summed E-state index contributed by atoms with van der Waals surface area (Å²) in [5.74, 6) is 0.0703. The van der Waals surface area contributed by atoms with Crippen molar-refractivity contribution < 1.29 is 9.90 Å². The number of hydrogen-bond donors (Lipinski definition) is 1. The minimum Gasteiger partial charge on any atom is -0.393 e. The van der Waals surface area contributed by atoms with Gasteiger partial charge in [0.2, 0.25) is 0 Å². The van der Waals surface area contributed by atoms with Gasteiger partial charge in [-0.25, -0.2) is 4.98 Å². The van der Waals surface area contributed by atoms with Crippen LogP contribution in [0.1, 0.15) is 23.7 Å². The molecule has 4 nitrogen and oxygen atoms in total. The van der Waals surface area contributed by atoms with Crippen LogP contribution in [-0.2, 0) is 0 Å². The van der Waals surface area contributed by atoms with E-state index in [1.54, 1.807) is 17.0 Å². The van der Waals surface area contributed by atoms with E-state index >= 15 is 0 Å². The molecule has 17 heavy (non-hydrogen) atoms. The summed E-state index contributed by atoms with van der Waals surface area (Å²) in [5.41, 5.74) is 0.540. The molecule has 0 aliphatic carbocycles. The van der Waals surface area contributed by atoms with Gasteiger partial charge in [0.1, 0.15) is 5.15 Å². The fourth-order valence-corrected chi connectivity index (χ4v) is 2.11. The van der Waals surface area contributed by atoms with Crippen molar-refractivity contribution in [2.45, 2.75) is 19.4 Å². The second-order valence-corrected chi connectivity index (χ2v) is 4.84. The van der Waals surface area contributed by atoms with E-state index in [2.05, 4.69) is 4.98 Å². The minimum absolute atomic E-state index is 0.0482. The van der Waals surface area contributed by atoms with Crippen molar-refractivity contribution in [3.8, 4) is 0 Å². The fraction of sp³-hybridized carbons (Fsp3) is 0.500. The quantitative estimate of drug-likeness (QED) is 0.774. The standard InChI is InChI=1S/C12H15ClN2O2/c1-8-7-15(5-4-10(8)16)12(17)9-2-3-11(13)14-6-9/h2-3,6,8,10,16H,4-5,7H2,1H3. The number of pyridine rings is 1. The summed E-state index contributed by atoms with van der Waals surface area (Å²) in [6.07, 6.45) is 1.82. The van der Waals surface area contributed by atoms with Crippen molar-refractivity contribution in [2.75, 3.05) is 13.1 Å². The zero-order valence-electron chi connectivity index (χ0n) is 9.64. The number of rotatable bonds is 1. The van der Waals surface area contributed by atoms with E-state index in [9.17, 15) is 9.90 Å². The van der Waals surface area contributed by atoms with E-state index < -0.39 is 0 Å². The molecule has 0 aromatic carbocycles. The first-order chi connectivity index (χ1) is 8.08. The molecular weight excluding hydrogens is 240 g/mol. The van der Waals surface area contributed by atoms with Crippen LogP contribution in [0, 0.1) is 5.92 Å². The summed E-state index contributed by atoms with van der Waals surface area (Å²) in [6, 6.07) is 3.28. The van der Waals surface area contributed by atoms with Crippen LogP contribution < -0.4 is 0 Å². The lowest BCUT2D eigenvalue weighted by Crippen LogP contribution is -2.44. The minimum atomic E-state index is -0.303. The molecule has 92 valence electrons. The molecule has 5 heteroatoms. The molecule has 1 aliphatic rings. The van der Waals surface area contributed by atoms with Gasteiger partial charge in [0.15, 0.2) is 0 Å². The maximum atomic E-state index is 12.1. The van der Waals surface area contributed by atoms with Crippen molar-refractivity contribution in [1.82, 2.24) is 9.88 Å².